The van der Waals surface area contributed by atoms with Gasteiger partial charge in [0.2, 0.25) is 0 Å². The minimum atomic E-state index is -0.636. The van der Waals surface area contributed by atoms with Gasteiger partial charge < -0.3 is 9.64 Å². The summed E-state index contributed by atoms with van der Waals surface area (Å²) in [5.41, 5.74) is -0.996. The summed E-state index contributed by atoms with van der Waals surface area (Å²) < 4.78 is 5.93. The third-order valence-corrected chi connectivity index (χ3v) is 4.20. The zero-order chi connectivity index (χ0) is 14.1. The molecule has 1 fully saturated rings. The first-order chi connectivity index (χ1) is 8.12. The van der Waals surface area contributed by atoms with Gasteiger partial charge in [0.05, 0.1) is 11.5 Å². The summed E-state index contributed by atoms with van der Waals surface area (Å²) in [4.78, 5) is 14.7. The number of ether oxygens (including phenoxy) is 1. The van der Waals surface area contributed by atoms with Crippen LogP contribution < -0.4 is 0 Å². The third kappa shape index (κ3) is 3.12. The number of hydrogen-bond donors (Lipinski definition) is 0. The molecular formula is C15H29NO2. The minimum Gasteiger partial charge on any atom is -0.361 e. The molecule has 3 heteroatoms. The highest BCUT2D eigenvalue weighted by Gasteiger charge is 2.53. The maximum absolute atomic E-state index is 12.4. The van der Waals surface area contributed by atoms with Gasteiger partial charge in [-0.15, -0.1) is 0 Å². The molecule has 18 heavy (non-hydrogen) atoms. The van der Waals surface area contributed by atoms with Crippen molar-refractivity contribution in [2.75, 3.05) is 13.6 Å². The summed E-state index contributed by atoms with van der Waals surface area (Å²) in [7, 11) is 2.11. The molecule has 1 heterocycles. The maximum Gasteiger partial charge on any atom is 0.171 e. The zero-order valence-electron chi connectivity index (χ0n) is 13.0. The molecule has 0 spiro atoms. The molecule has 2 unspecified atom stereocenters. The SMILES string of the molecule is CCCC(C)N(C)CC1C(=O)C(C)(C)OC1(C)C. The highest BCUT2D eigenvalue weighted by atomic mass is 16.5. The molecule has 0 aromatic carbocycles. The molecule has 0 N–H and O–H groups in total. The average molecular weight is 255 g/mol. The Labute approximate surface area is 112 Å². The first kappa shape index (κ1) is 15.6. The number of ketones is 1. The Balaban J connectivity index is 2.74. The van der Waals surface area contributed by atoms with Crippen molar-refractivity contribution in [2.24, 2.45) is 5.92 Å². The van der Waals surface area contributed by atoms with Crippen LogP contribution in [0.5, 0.6) is 0 Å². The summed E-state index contributed by atoms with van der Waals surface area (Å²) in [6.45, 7) is 13.0. The van der Waals surface area contributed by atoms with Crippen LogP contribution in [0.2, 0.25) is 0 Å². The van der Waals surface area contributed by atoms with Gasteiger partial charge in [-0.05, 0) is 48.1 Å². The lowest BCUT2D eigenvalue weighted by atomic mass is 9.85. The van der Waals surface area contributed by atoms with E-state index in [0.717, 1.165) is 6.54 Å². The monoisotopic (exact) mass is 255 g/mol. The van der Waals surface area contributed by atoms with Crippen molar-refractivity contribution in [3.8, 4) is 0 Å². The Morgan fingerprint density at radius 1 is 1.33 bits per heavy atom. The Hall–Kier alpha value is -0.410. The first-order valence-corrected chi connectivity index (χ1v) is 7.06. The van der Waals surface area contributed by atoms with E-state index in [1.54, 1.807) is 0 Å². The summed E-state index contributed by atoms with van der Waals surface area (Å²) in [6, 6.07) is 0.516. The molecule has 0 radical (unpaired) electrons. The molecule has 0 aliphatic carbocycles. The van der Waals surface area contributed by atoms with Crippen molar-refractivity contribution in [3.05, 3.63) is 0 Å². The van der Waals surface area contributed by atoms with Crippen molar-refractivity contribution in [1.82, 2.24) is 4.90 Å². The highest BCUT2D eigenvalue weighted by Crippen LogP contribution is 2.39. The van der Waals surface area contributed by atoms with Crippen LogP contribution in [0, 0.1) is 5.92 Å². The molecule has 0 aromatic heterocycles. The quantitative estimate of drug-likeness (QED) is 0.756. The van der Waals surface area contributed by atoms with E-state index in [-0.39, 0.29) is 17.3 Å². The van der Waals surface area contributed by atoms with Gasteiger partial charge in [-0.2, -0.15) is 0 Å². The van der Waals surface area contributed by atoms with Crippen molar-refractivity contribution in [3.63, 3.8) is 0 Å². The van der Waals surface area contributed by atoms with Crippen LogP contribution in [-0.4, -0.2) is 41.5 Å². The molecule has 0 bridgehead atoms. The van der Waals surface area contributed by atoms with Crippen LogP contribution in [0.4, 0.5) is 0 Å². The number of carbonyl (C=O) groups excluding carboxylic acids is 1. The molecule has 0 aromatic rings. The van der Waals surface area contributed by atoms with E-state index < -0.39 is 5.60 Å². The van der Waals surface area contributed by atoms with Gasteiger partial charge in [-0.3, -0.25) is 4.79 Å². The van der Waals surface area contributed by atoms with Crippen molar-refractivity contribution in [2.45, 2.75) is 71.6 Å². The lowest BCUT2D eigenvalue weighted by Gasteiger charge is -2.31. The normalized spacial score (nSPS) is 27.8. The van der Waals surface area contributed by atoms with Crippen LogP contribution in [-0.2, 0) is 9.53 Å². The standard InChI is InChI=1S/C15H29NO2/c1-8-9-11(2)16(7)10-12-13(17)15(5,6)18-14(12,3)4/h11-12H,8-10H2,1-7H3. The molecule has 106 valence electrons. The number of Topliss-reactive ketones (excluding diaryl/α,β-unsaturated/α-hetero) is 1. The Bertz CT molecular complexity index is 310. The fraction of sp³-hybridized carbons (Fsp3) is 0.933. The van der Waals surface area contributed by atoms with E-state index in [2.05, 4.69) is 25.8 Å². The largest absolute Gasteiger partial charge is 0.361 e. The van der Waals surface area contributed by atoms with E-state index in [1.165, 1.54) is 12.8 Å². The van der Waals surface area contributed by atoms with Crippen LogP contribution in [0.15, 0.2) is 0 Å². The van der Waals surface area contributed by atoms with Gasteiger partial charge in [-0.1, -0.05) is 13.3 Å². The van der Waals surface area contributed by atoms with Gasteiger partial charge >= 0.3 is 0 Å². The molecule has 1 saturated heterocycles. The first-order valence-electron chi connectivity index (χ1n) is 7.06. The summed E-state index contributed by atoms with van der Waals surface area (Å²) in [5.74, 6) is 0.208. The number of nitrogens with zero attached hydrogens (tertiary/aromatic N) is 1. The van der Waals surface area contributed by atoms with Crippen LogP contribution in [0.1, 0.15) is 54.4 Å². The van der Waals surface area contributed by atoms with Gasteiger partial charge in [0.15, 0.2) is 5.78 Å². The van der Waals surface area contributed by atoms with Crippen LogP contribution >= 0.6 is 0 Å². The van der Waals surface area contributed by atoms with Gasteiger partial charge in [0.1, 0.15) is 5.60 Å². The van der Waals surface area contributed by atoms with E-state index >= 15 is 0 Å². The Morgan fingerprint density at radius 2 is 1.89 bits per heavy atom. The molecule has 1 aliphatic heterocycles. The lowest BCUT2D eigenvalue weighted by Crippen LogP contribution is -2.42. The number of hydrogen-bond acceptors (Lipinski definition) is 3. The second-order valence-corrected chi connectivity index (χ2v) is 6.71. The smallest absolute Gasteiger partial charge is 0.171 e. The molecular weight excluding hydrogens is 226 g/mol. The molecule has 1 rings (SSSR count). The highest BCUT2D eigenvalue weighted by molar-refractivity contribution is 5.91. The summed E-state index contributed by atoms with van der Waals surface area (Å²) in [5, 5.41) is 0. The predicted molar refractivity (Wildman–Crippen MR) is 74.7 cm³/mol. The number of carbonyl (C=O) groups is 1. The molecule has 3 nitrogen and oxygen atoms in total. The lowest BCUT2D eigenvalue weighted by molar-refractivity contribution is -0.132. The molecule has 1 aliphatic rings. The minimum absolute atomic E-state index is 0.0307. The topological polar surface area (TPSA) is 29.5 Å². The van der Waals surface area contributed by atoms with Gasteiger partial charge in [0, 0.05) is 12.6 Å². The second kappa shape index (κ2) is 5.30. The molecule has 0 amide bonds. The van der Waals surface area contributed by atoms with E-state index in [1.807, 2.05) is 27.7 Å². The molecule has 0 saturated carbocycles. The summed E-state index contributed by atoms with van der Waals surface area (Å²) >= 11 is 0. The number of rotatable bonds is 5. The Morgan fingerprint density at radius 3 is 2.28 bits per heavy atom. The van der Waals surface area contributed by atoms with E-state index in [0.29, 0.717) is 6.04 Å². The van der Waals surface area contributed by atoms with Gasteiger partial charge in [0.25, 0.3) is 0 Å². The van der Waals surface area contributed by atoms with Crippen LogP contribution in [0.3, 0.4) is 0 Å². The van der Waals surface area contributed by atoms with Crippen molar-refractivity contribution in [1.29, 1.82) is 0 Å². The second-order valence-electron chi connectivity index (χ2n) is 6.71. The summed E-state index contributed by atoms with van der Waals surface area (Å²) in [6.07, 6.45) is 2.34. The van der Waals surface area contributed by atoms with Crippen molar-refractivity contribution < 1.29 is 9.53 Å². The fourth-order valence-corrected chi connectivity index (χ4v) is 2.92. The van der Waals surface area contributed by atoms with Crippen molar-refractivity contribution >= 4 is 5.78 Å². The Kier molecular flexibility index (Phi) is 4.60. The van der Waals surface area contributed by atoms with Gasteiger partial charge in [-0.25, -0.2) is 0 Å². The third-order valence-electron chi connectivity index (χ3n) is 4.20. The average Bonchev–Trinajstić information content (AvgIpc) is 2.36. The molecule has 2 atom stereocenters. The van der Waals surface area contributed by atoms with E-state index in [4.69, 9.17) is 4.74 Å². The fourth-order valence-electron chi connectivity index (χ4n) is 2.92. The maximum atomic E-state index is 12.4. The zero-order valence-corrected chi connectivity index (χ0v) is 13.0. The van der Waals surface area contributed by atoms with E-state index in [9.17, 15) is 4.79 Å². The predicted octanol–water partition coefficient (Wildman–Crippen LogP) is 2.88. The van der Waals surface area contributed by atoms with Crippen LogP contribution in [0.25, 0.3) is 0 Å².